The van der Waals surface area contributed by atoms with Crippen molar-refractivity contribution in [2.45, 2.75) is 0 Å². The van der Waals surface area contributed by atoms with E-state index in [9.17, 15) is 0 Å². The molecule has 1 rings (SSSR count). The summed E-state index contributed by atoms with van der Waals surface area (Å²) in [5.74, 6) is 0. The third-order valence-corrected chi connectivity index (χ3v) is 2.58. The van der Waals surface area contributed by atoms with E-state index in [1.54, 1.807) is 25.4 Å². The predicted molar refractivity (Wildman–Crippen MR) is 68.8 cm³/mol. The fourth-order valence-electron chi connectivity index (χ4n) is 0.814. The van der Waals surface area contributed by atoms with Gasteiger partial charge in [-0.15, -0.1) is 0 Å². The zero-order valence-electron chi connectivity index (χ0n) is 7.92. The van der Waals surface area contributed by atoms with Crippen molar-refractivity contribution in [3.05, 3.63) is 33.8 Å². The third-order valence-electron chi connectivity index (χ3n) is 1.55. The predicted octanol–water partition coefficient (Wildman–Crippen LogP) is 2.42. The van der Waals surface area contributed by atoms with Gasteiger partial charge >= 0.3 is 0 Å². The molecular weight excluding hydrogens is 253 g/mol. The van der Waals surface area contributed by atoms with E-state index in [-0.39, 0.29) is 0 Å². The molecule has 0 spiro atoms. The Morgan fingerprint density at radius 1 is 1.40 bits per heavy atom. The summed E-state index contributed by atoms with van der Waals surface area (Å²) in [4.78, 5) is 0. The van der Waals surface area contributed by atoms with Gasteiger partial charge in [0.25, 0.3) is 0 Å². The molecule has 80 valence electrons. The van der Waals surface area contributed by atoms with Crippen LogP contribution in [0.4, 0.5) is 0 Å². The Kier molecular flexibility index (Phi) is 4.81. The molecule has 0 aliphatic heterocycles. The number of thiocarbonyl (C=S) groups is 1. The van der Waals surface area contributed by atoms with E-state index < -0.39 is 0 Å². The van der Waals surface area contributed by atoms with Crippen LogP contribution < -0.4 is 10.7 Å². The molecule has 0 atom stereocenters. The van der Waals surface area contributed by atoms with Crippen LogP contribution in [0.1, 0.15) is 5.56 Å². The molecule has 0 saturated carbocycles. The van der Waals surface area contributed by atoms with Gasteiger partial charge in [0.1, 0.15) is 0 Å². The molecule has 0 saturated heterocycles. The van der Waals surface area contributed by atoms with Gasteiger partial charge in [0, 0.05) is 7.05 Å². The first-order valence-corrected chi connectivity index (χ1v) is 5.25. The number of hydrogen-bond donors (Lipinski definition) is 2. The van der Waals surface area contributed by atoms with Crippen LogP contribution in [0.2, 0.25) is 10.0 Å². The number of benzene rings is 1. The number of hydrogen-bond acceptors (Lipinski definition) is 2. The van der Waals surface area contributed by atoms with E-state index in [2.05, 4.69) is 15.8 Å². The molecule has 0 aliphatic carbocycles. The molecule has 2 N–H and O–H groups in total. The smallest absolute Gasteiger partial charge is 0.186 e. The SMILES string of the molecule is CNC(=S)N/N=C/c1ccc(Cl)c(Cl)c1. The molecule has 3 nitrogen and oxygen atoms in total. The van der Waals surface area contributed by atoms with E-state index >= 15 is 0 Å². The number of nitrogens with zero attached hydrogens (tertiary/aromatic N) is 1. The highest BCUT2D eigenvalue weighted by atomic mass is 35.5. The monoisotopic (exact) mass is 261 g/mol. The summed E-state index contributed by atoms with van der Waals surface area (Å²) >= 11 is 16.4. The van der Waals surface area contributed by atoms with Crippen molar-refractivity contribution in [2.24, 2.45) is 5.10 Å². The minimum Gasteiger partial charge on any atom is -0.364 e. The van der Waals surface area contributed by atoms with Crippen LogP contribution in [-0.4, -0.2) is 18.4 Å². The van der Waals surface area contributed by atoms with Gasteiger partial charge in [0.2, 0.25) is 0 Å². The Morgan fingerprint density at radius 2 is 2.13 bits per heavy atom. The van der Waals surface area contributed by atoms with Crippen LogP contribution >= 0.6 is 35.4 Å². The molecule has 0 unspecified atom stereocenters. The van der Waals surface area contributed by atoms with Crippen LogP contribution in [0.15, 0.2) is 23.3 Å². The van der Waals surface area contributed by atoms with Crippen LogP contribution in [-0.2, 0) is 0 Å². The first-order valence-electron chi connectivity index (χ1n) is 4.09. The molecule has 1 aromatic carbocycles. The van der Waals surface area contributed by atoms with E-state index in [0.717, 1.165) is 5.56 Å². The minimum absolute atomic E-state index is 0.450. The lowest BCUT2D eigenvalue weighted by Crippen LogP contribution is -2.28. The van der Waals surface area contributed by atoms with Gasteiger partial charge in [-0.3, -0.25) is 5.43 Å². The topological polar surface area (TPSA) is 36.4 Å². The first kappa shape index (κ1) is 12.2. The first-order chi connectivity index (χ1) is 7.13. The summed E-state index contributed by atoms with van der Waals surface area (Å²) in [6.07, 6.45) is 1.60. The Labute approximate surface area is 103 Å². The van der Waals surface area contributed by atoms with Gasteiger partial charge in [0.15, 0.2) is 5.11 Å². The molecular formula is C9H9Cl2N3S. The molecule has 6 heteroatoms. The van der Waals surface area contributed by atoms with Gasteiger partial charge in [-0.25, -0.2) is 0 Å². The van der Waals surface area contributed by atoms with Crippen molar-refractivity contribution in [2.75, 3.05) is 7.05 Å². The number of hydrazone groups is 1. The van der Waals surface area contributed by atoms with Crippen molar-refractivity contribution in [1.29, 1.82) is 0 Å². The Bertz CT molecular complexity index is 393. The van der Waals surface area contributed by atoms with Gasteiger partial charge < -0.3 is 5.32 Å². The van der Waals surface area contributed by atoms with E-state index in [1.807, 2.05) is 6.07 Å². The quantitative estimate of drug-likeness (QED) is 0.488. The summed E-state index contributed by atoms with van der Waals surface area (Å²) < 4.78 is 0. The van der Waals surface area contributed by atoms with Gasteiger partial charge in [0.05, 0.1) is 16.3 Å². The molecule has 0 heterocycles. The largest absolute Gasteiger partial charge is 0.364 e. The maximum absolute atomic E-state index is 5.83. The van der Waals surface area contributed by atoms with Crippen molar-refractivity contribution in [3.63, 3.8) is 0 Å². The zero-order valence-corrected chi connectivity index (χ0v) is 10.2. The highest BCUT2D eigenvalue weighted by molar-refractivity contribution is 7.80. The molecule has 0 aromatic heterocycles. The molecule has 1 aromatic rings. The standard InChI is InChI=1S/C9H9Cl2N3S/c1-12-9(15)14-13-5-6-2-3-7(10)8(11)4-6/h2-5H,1H3,(H2,12,14,15)/b13-5+. The summed E-state index contributed by atoms with van der Waals surface area (Å²) in [7, 11) is 1.71. The molecule has 0 radical (unpaired) electrons. The zero-order chi connectivity index (χ0) is 11.3. The second kappa shape index (κ2) is 5.90. The molecule has 0 fully saturated rings. The summed E-state index contributed by atoms with van der Waals surface area (Å²) in [5, 5.41) is 8.10. The summed E-state index contributed by atoms with van der Waals surface area (Å²) in [6.45, 7) is 0. The highest BCUT2D eigenvalue weighted by Gasteiger charge is 1.96. The average Bonchev–Trinajstić information content (AvgIpc) is 2.23. The average molecular weight is 262 g/mol. The Hall–Kier alpha value is -0.840. The lowest BCUT2D eigenvalue weighted by atomic mass is 10.2. The Balaban J connectivity index is 2.65. The van der Waals surface area contributed by atoms with E-state index in [0.29, 0.717) is 15.2 Å². The van der Waals surface area contributed by atoms with Crippen LogP contribution in [0.5, 0.6) is 0 Å². The lowest BCUT2D eigenvalue weighted by molar-refractivity contribution is 0.982. The van der Waals surface area contributed by atoms with E-state index in [1.165, 1.54) is 0 Å². The van der Waals surface area contributed by atoms with Crippen LogP contribution in [0.3, 0.4) is 0 Å². The van der Waals surface area contributed by atoms with Crippen molar-refractivity contribution >= 4 is 46.7 Å². The number of nitrogens with one attached hydrogen (secondary N) is 2. The van der Waals surface area contributed by atoms with Crippen molar-refractivity contribution < 1.29 is 0 Å². The normalized spacial score (nSPS) is 10.3. The van der Waals surface area contributed by atoms with Crippen molar-refractivity contribution in [1.82, 2.24) is 10.7 Å². The van der Waals surface area contributed by atoms with E-state index in [4.69, 9.17) is 35.4 Å². The third kappa shape index (κ3) is 4.03. The maximum atomic E-state index is 5.83. The summed E-state index contributed by atoms with van der Waals surface area (Å²) in [5.41, 5.74) is 3.47. The summed E-state index contributed by atoms with van der Waals surface area (Å²) in [6, 6.07) is 5.24. The Morgan fingerprint density at radius 3 is 2.73 bits per heavy atom. The fourth-order valence-corrected chi connectivity index (χ4v) is 1.17. The second-order valence-electron chi connectivity index (χ2n) is 2.62. The molecule has 0 bridgehead atoms. The molecule has 0 amide bonds. The van der Waals surface area contributed by atoms with Gasteiger partial charge in [-0.2, -0.15) is 5.10 Å². The van der Waals surface area contributed by atoms with Gasteiger partial charge in [-0.1, -0.05) is 29.3 Å². The minimum atomic E-state index is 0.450. The molecule has 15 heavy (non-hydrogen) atoms. The maximum Gasteiger partial charge on any atom is 0.186 e. The lowest BCUT2D eigenvalue weighted by Gasteiger charge is -2.00. The fraction of sp³-hybridized carbons (Fsp3) is 0.111. The van der Waals surface area contributed by atoms with Gasteiger partial charge in [-0.05, 0) is 29.9 Å². The number of halogens is 2. The second-order valence-corrected chi connectivity index (χ2v) is 3.85. The molecule has 0 aliphatic rings. The number of rotatable bonds is 2. The highest BCUT2D eigenvalue weighted by Crippen LogP contribution is 2.21. The van der Waals surface area contributed by atoms with Crippen LogP contribution in [0, 0.1) is 0 Å². The van der Waals surface area contributed by atoms with Crippen molar-refractivity contribution in [3.8, 4) is 0 Å². The van der Waals surface area contributed by atoms with Crippen LogP contribution in [0.25, 0.3) is 0 Å².